The van der Waals surface area contributed by atoms with Gasteiger partial charge in [-0.25, -0.2) is 4.68 Å². The highest BCUT2D eigenvalue weighted by Gasteiger charge is 2.14. The van der Waals surface area contributed by atoms with Gasteiger partial charge < -0.3 is 5.32 Å². The number of nitrogens with one attached hydrogen (secondary N) is 1. The zero-order valence-electron chi connectivity index (χ0n) is 14.2. The van der Waals surface area contributed by atoms with Gasteiger partial charge in [0.25, 0.3) is 5.91 Å². The van der Waals surface area contributed by atoms with Crippen molar-refractivity contribution < 1.29 is 4.79 Å². The number of hydrogen-bond acceptors (Lipinski definition) is 4. The van der Waals surface area contributed by atoms with Gasteiger partial charge >= 0.3 is 0 Å². The highest BCUT2D eigenvalue weighted by molar-refractivity contribution is 6.31. The summed E-state index contributed by atoms with van der Waals surface area (Å²) < 4.78 is 1.72. The van der Waals surface area contributed by atoms with Crippen LogP contribution in [0.1, 0.15) is 35.8 Å². The van der Waals surface area contributed by atoms with Crippen LogP contribution in [0.25, 0.3) is 11.4 Å². The van der Waals surface area contributed by atoms with Crippen LogP contribution in [-0.2, 0) is 0 Å². The van der Waals surface area contributed by atoms with E-state index in [1.165, 1.54) is 0 Å². The van der Waals surface area contributed by atoms with Gasteiger partial charge in [0, 0.05) is 21.8 Å². The van der Waals surface area contributed by atoms with Crippen molar-refractivity contribution in [2.75, 3.05) is 5.32 Å². The Labute approximate surface area is 150 Å². The summed E-state index contributed by atoms with van der Waals surface area (Å²) in [5.41, 5.74) is 2.92. The molecule has 25 heavy (non-hydrogen) atoms. The van der Waals surface area contributed by atoms with Crippen LogP contribution in [0.5, 0.6) is 0 Å². The molecular formula is C18H18ClN5O. The van der Waals surface area contributed by atoms with Crippen LogP contribution in [0.2, 0.25) is 5.02 Å². The lowest BCUT2D eigenvalue weighted by Crippen LogP contribution is -2.12. The molecule has 7 heteroatoms. The summed E-state index contributed by atoms with van der Waals surface area (Å²) in [6.45, 7) is 5.91. The molecule has 0 bridgehead atoms. The molecule has 0 saturated carbocycles. The summed E-state index contributed by atoms with van der Waals surface area (Å²) in [5.74, 6) is 0.411. The van der Waals surface area contributed by atoms with Crippen molar-refractivity contribution in [3.8, 4) is 11.4 Å². The number of hydrogen-bond donors (Lipinski definition) is 1. The van der Waals surface area contributed by atoms with E-state index in [1.54, 1.807) is 22.9 Å². The Morgan fingerprint density at radius 3 is 2.72 bits per heavy atom. The Morgan fingerprint density at radius 1 is 1.20 bits per heavy atom. The smallest absolute Gasteiger partial charge is 0.255 e. The van der Waals surface area contributed by atoms with Crippen molar-refractivity contribution in [3.63, 3.8) is 0 Å². The second-order valence-corrected chi connectivity index (χ2v) is 6.45. The van der Waals surface area contributed by atoms with E-state index in [9.17, 15) is 4.79 Å². The Kier molecular flexibility index (Phi) is 4.81. The molecule has 6 nitrogen and oxygen atoms in total. The summed E-state index contributed by atoms with van der Waals surface area (Å²) in [6, 6.07) is 12.8. The number of amides is 1. The molecule has 128 valence electrons. The zero-order valence-corrected chi connectivity index (χ0v) is 14.9. The quantitative estimate of drug-likeness (QED) is 0.763. The minimum atomic E-state index is -0.217. The number of carbonyl (C=O) groups excluding carboxylic acids is 1. The molecule has 0 aliphatic rings. The molecule has 0 aliphatic heterocycles. The van der Waals surface area contributed by atoms with Gasteiger partial charge in [0.1, 0.15) is 0 Å². The van der Waals surface area contributed by atoms with E-state index >= 15 is 0 Å². The summed E-state index contributed by atoms with van der Waals surface area (Å²) in [7, 11) is 0. The standard InChI is InChI=1S/C18H18ClN5O/c1-11(2)24-17(21-22-23-24)13-5-4-6-14(9-13)18(25)20-15-8-7-12(3)16(19)10-15/h4-11H,1-3H3,(H,20,25). The molecule has 0 atom stereocenters. The lowest BCUT2D eigenvalue weighted by atomic mass is 10.1. The molecule has 0 spiro atoms. The fourth-order valence-corrected chi connectivity index (χ4v) is 2.59. The van der Waals surface area contributed by atoms with Crippen molar-refractivity contribution in [1.82, 2.24) is 20.2 Å². The lowest BCUT2D eigenvalue weighted by Gasteiger charge is -2.10. The van der Waals surface area contributed by atoms with Crippen molar-refractivity contribution in [3.05, 3.63) is 58.6 Å². The number of aromatic nitrogens is 4. The van der Waals surface area contributed by atoms with E-state index in [4.69, 9.17) is 11.6 Å². The Balaban J connectivity index is 1.87. The number of tetrazole rings is 1. The third-order valence-electron chi connectivity index (χ3n) is 3.79. The van der Waals surface area contributed by atoms with E-state index in [1.807, 2.05) is 45.0 Å². The molecule has 3 aromatic rings. The molecule has 0 radical (unpaired) electrons. The second-order valence-electron chi connectivity index (χ2n) is 6.04. The van der Waals surface area contributed by atoms with Crippen molar-refractivity contribution in [1.29, 1.82) is 0 Å². The molecule has 0 saturated heterocycles. The van der Waals surface area contributed by atoms with E-state index in [2.05, 4.69) is 20.8 Å². The predicted octanol–water partition coefficient (Wildman–Crippen LogP) is 4.14. The lowest BCUT2D eigenvalue weighted by molar-refractivity contribution is 0.102. The first-order chi connectivity index (χ1) is 12.0. The van der Waals surface area contributed by atoms with E-state index in [-0.39, 0.29) is 11.9 Å². The first kappa shape index (κ1) is 17.1. The number of nitrogens with zero attached hydrogens (tertiary/aromatic N) is 4. The monoisotopic (exact) mass is 355 g/mol. The largest absolute Gasteiger partial charge is 0.322 e. The molecule has 1 heterocycles. The summed E-state index contributed by atoms with van der Waals surface area (Å²) in [5, 5.41) is 15.3. The van der Waals surface area contributed by atoms with Gasteiger partial charge in [-0.3, -0.25) is 4.79 Å². The Hall–Kier alpha value is -2.73. The summed E-state index contributed by atoms with van der Waals surface area (Å²) in [4.78, 5) is 12.5. The van der Waals surface area contributed by atoms with Crippen LogP contribution in [0.4, 0.5) is 5.69 Å². The van der Waals surface area contributed by atoms with Crippen LogP contribution >= 0.6 is 11.6 Å². The molecule has 1 amide bonds. The average molecular weight is 356 g/mol. The molecule has 0 aliphatic carbocycles. The number of anilines is 1. The minimum absolute atomic E-state index is 0.122. The topological polar surface area (TPSA) is 72.7 Å². The van der Waals surface area contributed by atoms with Gasteiger partial charge in [0.15, 0.2) is 5.82 Å². The number of aryl methyl sites for hydroxylation is 1. The Bertz CT molecular complexity index is 919. The van der Waals surface area contributed by atoms with Gasteiger partial charge in [0.05, 0.1) is 6.04 Å². The van der Waals surface area contributed by atoms with Crippen LogP contribution in [-0.4, -0.2) is 26.1 Å². The van der Waals surface area contributed by atoms with E-state index in [0.29, 0.717) is 22.1 Å². The normalized spacial score (nSPS) is 10.9. The minimum Gasteiger partial charge on any atom is -0.322 e. The van der Waals surface area contributed by atoms with Crippen molar-refractivity contribution >= 4 is 23.2 Å². The summed E-state index contributed by atoms with van der Waals surface area (Å²) >= 11 is 6.11. The molecular weight excluding hydrogens is 338 g/mol. The van der Waals surface area contributed by atoms with Crippen molar-refractivity contribution in [2.24, 2.45) is 0 Å². The second kappa shape index (κ2) is 7.03. The highest BCUT2D eigenvalue weighted by atomic mass is 35.5. The number of rotatable bonds is 4. The highest BCUT2D eigenvalue weighted by Crippen LogP contribution is 2.22. The van der Waals surface area contributed by atoms with Crippen LogP contribution in [0, 0.1) is 6.92 Å². The predicted molar refractivity (Wildman–Crippen MR) is 97.8 cm³/mol. The zero-order chi connectivity index (χ0) is 18.0. The van der Waals surface area contributed by atoms with Crippen molar-refractivity contribution in [2.45, 2.75) is 26.8 Å². The first-order valence-corrected chi connectivity index (χ1v) is 8.29. The third kappa shape index (κ3) is 3.69. The number of halogens is 1. The SMILES string of the molecule is Cc1ccc(NC(=O)c2cccc(-c3nnnn3C(C)C)c2)cc1Cl. The number of carbonyl (C=O) groups is 1. The van der Waals surface area contributed by atoms with E-state index in [0.717, 1.165) is 11.1 Å². The molecule has 1 aromatic heterocycles. The average Bonchev–Trinajstić information content (AvgIpc) is 3.08. The third-order valence-corrected chi connectivity index (χ3v) is 4.20. The molecule has 0 fully saturated rings. The molecule has 1 N–H and O–H groups in total. The van der Waals surface area contributed by atoms with Gasteiger partial charge in [-0.15, -0.1) is 5.10 Å². The van der Waals surface area contributed by atoms with Gasteiger partial charge in [-0.1, -0.05) is 29.8 Å². The summed E-state index contributed by atoms with van der Waals surface area (Å²) in [6.07, 6.45) is 0. The Morgan fingerprint density at radius 2 is 2.00 bits per heavy atom. The van der Waals surface area contributed by atoms with Crippen LogP contribution in [0.15, 0.2) is 42.5 Å². The molecule has 3 rings (SSSR count). The number of benzene rings is 2. The van der Waals surface area contributed by atoms with Gasteiger partial charge in [0.2, 0.25) is 0 Å². The maximum Gasteiger partial charge on any atom is 0.255 e. The fourth-order valence-electron chi connectivity index (χ4n) is 2.40. The van der Waals surface area contributed by atoms with Gasteiger partial charge in [-0.2, -0.15) is 0 Å². The molecule has 2 aromatic carbocycles. The van der Waals surface area contributed by atoms with Crippen LogP contribution < -0.4 is 5.32 Å². The van der Waals surface area contributed by atoms with Gasteiger partial charge in [-0.05, 0) is 61.0 Å². The fraction of sp³-hybridized carbons (Fsp3) is 0.222. The van der Waals surface area contributed by atoms with Crippen LogP contribution in [0.3, 0.4) is 0 Å². The maximum absolute atomic E-state index is 12.5. The first-order valence-electron chi connectivity index (χ1n) is 7.91. The maximum atomic E-state index is 12.5. The molecule has 0 unspecified atom stereocenters. The van der Waals surface area contributed by atoms with E-state index < -0.39 is 0 Å².